The van der Waals surface area contributed by atoms with Crippen LogP contribution in [0.3, 0.4) is 0 Å². The van der Waals surface area contributed by atoms with E-state index in [-0.39, 0.29) is 11.4 Å². The zero-order valence-electron chi connectivity index (χ0n) is 12.8. The van der Waals surface area contributed by atoms with Crippen molar-refractivity contribution in [3.63, 3.8) is 0 Å². The van der Waals surface area contributed by atoms with Crippen LogP contribution in [-0.2, 0) is 5.41 Å². The summed E-state index contributed by atoms with van der Waals surface area (Å²) in [5.41, 5.74) is 1.38. The van der Waals surface area contributed by atoms with Crippen LogP contribution < -0.4 is 9.47 Å². The summed E-state index contributed by atoms with van der Waals surface area (Å²) in [4.78, 5) is 12.3. The highest BCUT2D eigenvalue weighted by Crippen LogP contribution is 2.31. The summed E-state index contributed by atoms with van der Waals surface area (Å²) in [6.45, 7) is 6.27. The second kappa shape index (κ2) is 6.00. The van der Waals surface area contributed by atoms with Crippen molar-refractivity contribution < 1.29 is 14.3 Å². The molecule has 0 unspecified atom stereocenters. The molecule has 3 heteroatoms. The number of esters is 1. The molecule has 21 heavy (non-hydrogen) atoms. The second-order valence-electron chi connectivity index (χ2n) is 5.87. The van der Waals surface area contributed by atoms with Gasteiger partial charge in [0.05, 0.1) is 12.7 Å². The predicted octanol–water partition coefficient (Wildman–Crippen LogP) is 4.21. The third kappa shape index (κ3) is 3.63. The summed E-state index contributed by atoms with van der Waals surface area (Å²) >= 11 is 0. The molecule has 0 saturated heterocycles. The summed E-state index contributed by atoms with van der Waals surface area (Å²) in [7, 11) is 1.57. The lowest BCUT2D eigenvalue weighted by molar-refractivity contribution is 0.0731. The Labute approximate surface area is 125 Å². The fraction of sp³-hybridized carbons (Fsp3) is 0.278. The molecule has 0 aliphatic heterocycles. The summed E-state index contributed by atoms with van der Waals surface area (Å²) in [6.07, 6.45) is 0. The molecule has 0 heterocycles. The lowest BCUT2D eigenvalue weighted by atomic mass is 9.86. The van der Waals surface area contributed by atoms with Gasteiger partial charge in [0.2, 0.25) is 0 Å². The fourth-order valence-corrected chi connectivity index (χ4v) is 2.08. The van der Waals surface area contributed by atoms with E-state index in [0.717, 1.165) is 5.56 Å². The molecule has 0 spiro atoms. The third-order valence-corrected chi connectivity index (χ3v) is 3.20. The first-order valence-corrected chi connectivity index (χ1v) is 6.87. The van der Waals surface area contributed by atoms with Gasteiger partial charge < -0.3 is 9.47 Å². The Morgan fingerprint density at radius 2 is 1.71 bits per heavy atom. The average Bonchev–Trinajstić information content (AvgIpc) is 2.46. The van der Waals surface area contributed by atoms with Crippen molar-refractivity contribution in [1.82, 2.24) is 0 Å². The van der Waals surface area contributed by atoms with Gasteiger partial charge >= 0.3 is 5.97 Å². The van der Waals surface area contributed by atoms with Crippen LogP contribution in [0.25, 0.3) is 0 Å². The highest BCUT2D eigenvalue weighted by atomic mass is 16.5. The number of rotatable bonds is 3. The first-order valence-electron chi connectivity index (χ1n) is 6.87. The molecule has 0 bridgehead atoms. The number of benzene rings is 2. The molecule has 0 radical (unpaired) electrons. The highest BCUT2D eigenvalue weighted by molar-refractivity contribution is 5.91. The molecule has 0 fully saturated rings. The van der Waals surface area contributed by atoms with Crippen molar-refractivity contribution in [3.05, 3.63) is 59.7 Å². The van der Waals surface area contributed by atoms with E-state index >= 15 is 0 Å². The SMILES string of the molecule is COc1cccc(C(=O)Oc2ccccc2C(C)(C)C)c1. The predicted molar refractivity (Wildman–Crippen MR) is 83.1 cm³/mol. The Hall–Kier alpha value is -2.29. The van der Waals surface area contributed by atoms with Gasteiger partial charge in [-0.25, -0.2) is 4.79 Å². The Bertz CT molecular complexity index is 639. The number of carbonyl (C=O) groups is 1. The van der Waals surface area contributed by atoms with E-state index in [4.69, 9.17) is 9.47 Å². The molecule has 2 aromatic carbocycles. The number of hydrogen-bond acceptors (Lipinski definition) is 3. The molecule has 2 aromatic rings. The molecule has 0 amide bonds. The number of methoxy groups -OCH3 is 1. The van der Waals surface area contributed by atoms with Gasteiger partial charge in [-0.2, -0.15) is 0 Å². The maximum Gasteiger partial charge on any atom is 0.343 e. The zero-order chi connectivity index (χ0) is 15.5. The quantitative estimate of drug-likeness (QED) is 0.625. The molecule has 3 nitrogen and oxygen atoms in total. The Morgan fingerprint density at radius 3 is 2.38 bits per heavy atom. The van der Waals surface area contributed by atoms with Gasteiger partial charge in [0.25, 0.3) is 0 Å². The van der Waals surface area contributed by atoms with Gasteiger partial charge in [-0.05, 0) is 29.7 Å². The molecular formula is C18H20O3. The summed E-state index contributed by atoms with van der Waals surface area (Å²) in [6, 6.07) is 14.6. The monoisotopic (exact) mass is 284 g/mol. The number of carbonyl (C=O) groups excluding carboxylic acids is 1. The molecule has 2 rings (SSSR count). The van der Waals surface area contributed by atoms with Gasteiger partial charge in [0, 0.05) is 5.56 Å². The maximum absolute atomic E-state index is 12.3. The van der Waals surface area contributed by atoms with Crippen molar-refractivity contribution in [2.75, 3.05) is 7.11 Å². The zero-order valence-corrected chi connectivity index (χ0v) is 12.8. The van der Waals surface area contributed by atoms with Crippen LogP contribution in [0.4, 0.5) is 0 Å². The first kappa shape index (κ1) is 15.1. The van der Waals surface area contributed by atoms with Crippen LogP contribution in [0, 0.1) is 0 Å². The van der Waals surface area contributed by atoms with Crippen LogP contribution in [0.5, 0.6) is 11.5 Å². The first-order chi connectivity index (χ1) is 9.91. The smallest absolute Gasteiger partial charge is 0.343 e. The lowest BCUT2D eigenvalue weighted by Gasteiger charge is -2.22. The molecule has 0 aromatic heterocycles. The van der Waals surface area contributed by atoms with Crippen LogP contribution in [0.1, 0.15) is 36.7 Å². The Kier molecular flexibility index (Phi) is 4.32. The van der Waals surface area contributed by atoms with Crippen molar-refractivity contribution in [3.8, 4) is 11.5 Å². The minimum atomic E-state index is -0.384. The minimum absolute atomic E-state index is 0.0920. The summed E-state index contributed by atoms with van der Waals surface area (Å²) in [5.74, 6) is 0.844. The van der Waals surface area contributed by atoms with E-state index in [9.17, 15) is 4.79 Å². The van der Waals surface area contributed by atoms with Crippen molar-refractivity contribution in [2.24, 2.45) is 0 Å². The van der Waals surface area contributed by atoms with Crippen molar-refractivity contribution in [1.29, 1.82) is 0 Å². The standard InChI is InChI=1S/C18H20O3/c1-18(2,3)15-10-5-6-11-16(15)21-17(19)13-8-7-9-14(12-13)20-4/h5-12H,1-4H3. The van der Waals surface area contributed by atoms with Gasteiger partial charge in [0.1, 0.15) is 11.5 Å². The topological polar surface area (TPSA) is 35.5 Å². The van der Waals surface area contributed by atoms with E-state index in [0.29, 0.717) is 17.1 Å². The normalized spacial score (nSPS) is 11.0. The van der Waals surface area contributed by atoms with Gasteiger partial charge in [-0.15, -0.1) is 0 Å². The largest absolute Gasteiger partial charge is 0.497 e. The molecule has 0 aliphatic rings. The summed E-state index contributed by atoms with van der Waals surface area (Å²) < 4.78 is 10.7. The Morgan fingerprint density at radius 1 is 1.00 bits per heavy atom. The van der Waals surface area contributed by atoms with Gasteiger partial charge in [0.15, 0.2) is 0 Å². The average molecular weight is 284 g/mol. The fourth-order valence-electron chi connectivity index (χ4n) is 2.08. The number of hydrogen-bond donors (Lipinski definition) is 0. The molecular weight excluding hydrogens is 264 g/mol. The Balaban J connectivity index is 2.28. The molecule has 110 valence electrons. The molecule has 0 aliphatic carbocycles. The van der Waals surface area contributed by atoms with E-state index < -0.39 is 0 Å². The minimum Gasteiger partial charge on any atom is -0.497 e. The van der Waals surface area contributed by atoms with Crippen molar-refractivity contribution >= 4 is 5.97 Å². The molecule has 0 atom stereocenters. The van der Waals surface area contributed by atoms with Crippen LogP contribution in [-0.4, -0.2) is 13.1 Å². The maximum atomic E-state index is 12.3. The van der Waals surface area contributed by atoms with Gasteiger partial charge in [-0.1, -0.05) is 45.0 Å². The lowest BCUT2D eigenvalue weighted by Crippen LogP contribution is -2.16. The number of para-hydroxylation sites is 1. The van der Waals surface area contributed by atoms with E-state index in [2.05, 4.69) is 20.8 Å². The second-order valence-corrected chi connectivity index (χ2v) is 5.87. The van der Waals surface area contributed by atoms with Crippen LogP contribution in [0.15, 0.2) is 48.5 Å². The number of ether oxygens (including phenoxy) is 2. The summed E-state index contributed by atoms with van der Waals surface area (Å²) in [5, 5.41) is 0. The van der Waals surface area contributed by atoms with Crippen molar-refractivity contribution in [2.45, 2.75) is 26.2 Å². The molecule has 0 saturated carbocycles. The van der Waals surface area contributed by atoms with E-state index in [1.807, 2.05) is 24.3 Å². The van der Waals surface area contributed by atoms with E-state index in [1.165, 1.54) is 0 Å². The van der Waals surface area contributed by atoms with Gasteiger partial charge in [-0.3, -0.25) is 0 Å². The molecule has 0 N–H and O–H groups in total. The van der Waals surface area contributed by atoms with E-state index in [1.54, 1.807) is 31.4 Å². The third-order valence-electron chi connectivity index (χ3n) is 3.20. The van der Waals surface area contributed by atoms with Crippen LogP contribution >= 0.6 is 0 Å². The van der Waals surface area contributed by atoms with Crippen LogP contribution in [0.2, 0.25) is 0 Å². The highest BCUT2D eigenvalue weighted by Gasteiger charge is 2.20.